The third kappa shape index (κ3) is 2.51. The molecule has 0 aromatic heterocycles. The molecule has 0 spiro atoms. The van der Waals surface area contributed by atoms with Gasteiger partial charge in [0.2, 0.25) is 0 Å². The van der Waals surface area contributed by atoms with E-state index in [0.29, 0.717) is 12.5 Å². The summed E-state index contributed by atoms with van der Waals surface area (Å²) < 4.78 is 5.46. The van der Waals surface area contributed by atoms with Crippen molar-refractivity contribution in [3.05, 3.63) is 28.8 Å². The van der Waals surface area contributed by atoms with Crippen LogP contribution in [0, 0.1) is 6.92 Å². The summed E-state index contributed by atoms with van der Waals surface area (Å²) in [5.41, 5.74) is 9.46. The molecule has 2 N–H and O–H groups in total. The van der Waals surface area contributed by atoms with Crippen molar-refractivity contribution in [1.82, 2.24) is 0 Å². The topological polar surface area (TPSA) is 35.2 Å². The average Bonchev–Trinajstić information content (AvgIpc) is 2.18. The second-order valence-corrected chi connectivity index (χ2v) is 4.18. The van der Waals surface area contributed by atoms with Gasteiger partial charge < -0.3 is 10.5 Å². The van der Waals surface area contributed by atoms with E-state index in [9.17, 15) is 0 Å². The molecule has 0 unspecified atom stereocenters. The van der Waals surface area contributed by atoms with Gasteiger partial charge in [0.15, 0.2) is 0 Å². The van der Waals surface area contributed by atoms with Gasteiger partial charge in [0, 0.05) is 0 Å². The highest BCUT2D eigenvalue weighted by Gasteiger charge is 2.13. The number of benzene rings is 1. The molecule has 1 rings (SSSR count). The Morgan fingerprint density at radius 3 is 2.47 bits per heavy atom. The molecule has 0 amide bonds. The van der Waals surface area contributed by atoms with Crippen molar-refractivity contribution in [1.29, 1.82) is 0 Å². The van der Waals surface area contributed by atoms with E-state index in [4.69, 9.17) is 10.5 Å². The first-order chi connectivity index (χ1) is 7.11. The van der Waals surface area contributed by atoms with Gasteiger partial charge in [-0.3, -0.25) is 0 Å². The molecule has 2 nitrogen and oxygen atoms in total. The summed E-state index contributed by atoms with van der Waals surface area (Å²) in [5, 5.41) is 0. The molecule has 0 bridgehead atoms. The largest absolute Gasteiger partial charge is 0.496 e. The van der Waals surface area contributed by atoms with Crippen molar-refractivity contribution in [3.63, 3.8) is 0 Å². The summed E-state index contributed by atoms with van der Waals surface area (Å²) in [6, 6.07) is 4.31. The van der Waals surface area contributed by atoms with E-state index in [1.165, 1.54) is 16.7 Å². The fraction of sp³-hybridized carbons (Fsp3) is 0.538. The Hall–Kier alpha value is -1.02. The Labute approximate surface area is 92.4 Å². The minimum atomic E-state index is 0.515. The molecule has 0 aliphatic heterocycles. The summed E-state index contributed by atoms with van der Waals surface area (Å²) in [7, 11) is 1.73. The van der Waals surface area contributed by atoms with Crippen LogP contribution >= 0.6 is 0 Å². The zero-order valence-corrected chi connectivity index (χ0v) is 10.1. The molecular formula is C13H21NO. The van der Waals surface area contributed by atoms with Gasteiger partial charge in [0.25, 0.3) is 0 Å². The minimum Gasteiger partial charge on any atom is -0.496 e. The lowest BCUT2D eigenvalue weighted by molar-refractivity contribution is 0.405. The summed E-state index contributed by atoms with van der Waals surface area (Å²) >= 11 is 0. The van der Waals surface area contributed by atoms with Crippen molar-refractivity contribution < 1.29 is 4.74 Å². The molecule has 0 aliphatic rings. The molecule has 1 aromatic rings. The number of nitrogens with two attached hydrogens (primary N) is 1. The fourth-order valence-corrected chi connectivity index (χ4v) is 1.99. The van der Waals surface area contributed by atoms with Crippen molar-refractivity contribution in [2.75, 3.05) is 13.7 Å². The number of hydrogen-bond donors (Lipinski definition) is 1. The van der Waals surface area contributed by atoms with Gasteiger partial charge in [-0.25, -0.2) is 0 Å². The summed E-state index contributed by atoms with van der Waals surface area (Å²) in [6.07, 6.45) is 0.887. The minimum absolute atomic E-state index is 0.515. The van der Waals surface area contributed by atoms with E-state index in [2.05, 4.69) is 32.9 Å². The molecule has 0 saturated heterocycles. The van der Waals surface area contributed by atoms with Crippen molar-refractivity contribution in [2.24, 2.45) is 5.73 Å². The monoisotopic (exact) mass is 207 g/mol. The van der Waals surface area contributed by atoms with Gasteiger partial charge in [-0.1, -0.05) is 26.0 Å². The first-order valence-electron chi connectivity index (χ1n) is 5.48. The molecule has 2 heteroatoms. The smallest absolute Gasteiger partial charge is 0.125 e. The molecule has 84 valence electrons. The van der Waals surface area contributed by atoms with Crippen LogP contribution in [0.5, 0.6) is 5.75 Å². The van der Waals surface area contributed by atoms with Crippen LogP contribution in [0.15, 0.2) is 12.1 Å². The van der Waals surface area contributed by atoms with E-state index in [1.54, 1.807) is 7.11 Å². The van der Waals surface area contributed by atoms with Crippen LogP contribution in [0.2, 0.25) is 0 Å². The van der Waals surface area contributed by atoms with Crippen molar-refractivity contribution in [3.8, 4) is 5.75 Å². The van der Waals surface area contributed by atoms with Gasteiger partial charge in [0.1, 0.15) is 5.75 Å². The Kier molecular flexibility index (Phi) is 4.15. The first kappa shape index (κ1) is 12.1. The summed E-state index contributed by atoms with van der Waals surface area (Å²) in [6.45, 7) is 7.14. The maximum absolute atomic E-state index is 5.65. The van der Waals surface area contributed by atoms with Gasteiger partial charge in [-0.2, -0.15) is 0 Å². The van der Waals surface area contributed by atoms with Gasteiger partial charge in [-0.15, -0.1) is 0 Å². The van der Waals surface area contributed by atoms with Crippen LogP contribution in [0.4, 0.5) is 0 Å². The second-order valence-electron chi connectivity index (χ2n) is 4.18. The number of hydrogen-bond acceptors (Lipinski definition) is 2. The van der Waals surface area contributed by atoms with Crippen LogP contribution in [-0.2, 0) is 6.42 Å². The molecule has 0 heterocycles. The number of methoxy groups -OCH3 is 1. The molecule has 15 heavy (non-hydrogen) atoms. The number of aryl methyl sites for hydroxylation is 1. The molecule has 0 atom stereocenters. The molecule has 1 aromatic carbocycles. The van der Waals surface area contributed by atoms with Crippen molar-refractivity contribution in [2.45, 2.75) is 33.1 Å². The SMILES string of the molecule is COc1c(C)ccc(C(C)C)c1CCN. The second kappa shape index (κ2) is 5.17. The van der Waals surface area contributed by atoms with E-state index in [0.717, 1.165) is 12.2 Å². The summed E-state index contributed by atoms with van der Waals surface area (Å²) in [4.78, 5) is 0. The molecule has 0 aliphatic carbocycles. The van der Waals surface area contributed by atoms with Gasteiger partial charge in [-0.05, 0) is 42.5 Å². The molecule has 0 fully saturated rings. The first-order valence-corrected chi connectivity index (χ1v) is 5.48. The van der Waals surface area contributed by atoms with Crippen LogP contribution in [-0.4, -0.2) is 13.7 Å². The van der Waals surface area contributed by atoms with Crippen molar-refractivity contribution >= 4 is 0 Å². The fourth-order valence-electron chi connectivity index (χ4n) is 1.99. The Morgan fingerprint density at radius 2 is 2.00 bits per heavy atom. The predicted molar refractivity (Wildman–Crippen MR) is 64.6 cm³/mol. The average molecular weight is 207 g/mol. The quantitative estimate of drug-likeness (QED) is 0.823. The number of ether oxygens (including phenoxy) is 1. The highest BCUT2D eigenvalue weighted by atomic mass is 16.5. The van der Waals surface area contributed by atoms with Crippen LogP contribution in [0.1, 0.15) is 36.5 Å². The third-order valence-electron chi connectivity index (χ3n) is 2.71. The Bertz CT molecular complexity index is 332. The maximum Gasteiger partial charge on any atom is 0.125 e. The van der Waals surface area contributed by atoms with Crippen LogP contribution in [0.25, 0.3) is 0 Å². The molecule has 0 radical (unpaired) electrons. The van der Waals surface area contributed by atoms with Gasteiger partial charge in [0.05, 0.1) is 7.11 Å². The third-order valence-corrected chi connectivity index (χ3v) is 2.71. The lowest BCUT2D eigenvalue weighted by atomic mass is 9.92. The highest BCUT2D eigenvalue weighted by Crippen LogP contribution is 2.31. The standard InChI is InChI=1S/C13H21NO/c1-9(2)11-6-5-10(3)13(15-4)12(11)7-8-14/h5-6,9H,7-8,14H2,1-4H3. The Balaban J connectivity index is 3.28. The lowest BCUT2D eigenvalue weighted by Gasteiger charge is -2.17. The highest BCUT2D eigenvalue weighted by molar-refractivity contribution is 5.47. The summed E-state index contributed by atoms with van der Waals surface area (Å²) in [5.74, 6) is 1.52. The van der Waals surface area contributed by atoms with E-state index < -0.39 is 0 Å². The number of rotatable bonds is 4. The molecular weight excluding hydrogens is 186 g/mol. The van der Waals surface area contributed by atoms with E-state index in [-0.39, 0.29) is 0 Å². The normalized spacial score (nSPS) is 10.8. The van der Waals surface area contributed by atoms with Gasteiger partial charge >= 0.3 is 0 Å². The van der Waals surface area contributed by atoms with E-state index in [1.807, 2.05) is 0 Å². The zero-order valence-electron chi connectivity index (χ0n) is 10.1. The molecule has 0 saturated carbocycles. The zero-order chi connectivity index (χ0) is 11.4. The Morgan fingerprint density at radius 1 is 1.33 bits per heavy atom. The van der Waals surface area contributed by atoms with Crippen LogP contribution in [0.3, 0.4) is 0 Å². The maximum atomic E-state index is 5.65. The van der Waals surface area contributed by atoms with Crippen LogP contribution < -0.4 is 10.5 Å². The van der Waals surface area contributed by atoms with E-state index >= 15 is 0 Å². The lowest BCUT2D eigenvalue weighted by Crippen LogP contribution is -2.08. The predicted octanol–water partition coefficient (Wildman–Crippen LogP) is 2.63.